The third kappa shape index (κ3) is 3.92. The monoisotopic (exact) mass is 287 g/mol. The molecule has 1 heterocycles. The first kappa shape index (κ1) is 14.8. The van der Waals surface area contributed by atoms with Gasteiger partial charge >= 0.3 is 5.97 Å². The second-order valence-electron chi connectivity index (χ2n) is 4.60. The van der Waals surface area contributed by atoms with Crippen LogP contribution in [-0.4, -0.2) is 33.3 Å². The van der Waals surface area contributed by atoms with Gasteiger partial charge < -0.3 is 10.4 Å². The Kier molecular flexibility index (Phi) is 4.71. The van der Waals surface area contributed by atoms with E-state index in [1.807, 2.05) is 13.0 Å². The summed E-state index contributed by atoms with van der Waals surface area (Å²) in [6.07, 6.45) is 3.80. The van der Waals surface area contributed by atoms with Gasteiger partial charge in [-0.3, -0.25) is 9.48 Å². The zero-order valence-corrected chi connectivity index (χ0v) is 11.7. The van der Waals surface area contributed by atoms with E-state index >= 15 is 0 Å². The van der Waals surface area contributed by atoms with Crippen LogP contribution in [0.4, 0.5) is 0 Å². The third-order valence-corrected chi connectivity index (χ3v) is 3.09. The lowest BCUT2D eigenvalue weighted by molar-refractivity contribution is 0.0696. The van der Waals surface area contributed by atoms with E-state index in [-0.39, 0.29) is 11.5 Å². The number of aromatic nitrogens is 2. The summed E-state index contributed by atoms with van der Waals surface area (Å²) in [5.41, 5.74) is 1.65. The van der Waals surface area contributed by atoms with E-state index < -0.39 is 5.97 Å². The van der Waals surface area contributed by atoms with Crippen molar-refractivity contribution in [1.82, 2.24) is 15.1 Å². The van der Waals surface area contributed by atoms with Gasteiger partial charge in [-0.2, -0.15) is 5.10 Å². The molecule has 0 aliphatic heterocycles. The predicted molar refractivity (Wildman–Crippen MR) is 77.3 cm³/mol. The van der Waals surface area contributed by atoms with Crippen LogP contribution in [0.3, 0.4) is 0 Å². The summed E-state index contributed by atoms with van der Waals surface area (Å²) in [6.45, 7) is 3.11. The lowest BCUT2D eigenvalue weighted by atomic mass is 10.1. The van der Waals surface area contributed by atoms with Crippen molar-refractivity contribution in [3.05, 3.63) is 53.3 Å². The highest BCUT2D eigenvalue weighted by atomic mass is 16.4. The number of carboxylic acid groups (broad SMARTS) is 1. The van der Waals surface area contributed by atoms with E-state index in [0.717, 1.165) is 12.1 Å². The van der Waals surface area contributed by atoms with Crippen LogP contribution in [0.15, 0.2) is 36.7 Å². The van der Waals surface area contributed by atoms with Gasteiger partial charge in [-0.1, -0.05) is 12.1 Å². The number of benzene rings is 1. The van der Waals surface area contributed by atoms with E-state index in [4.69, 9.17) is 5.11 Å². The maximum Gasteiger partial charge on any atom is 0.335 e. The zero-order valence-electron chi connectivity index (χ0n) is 11.7. The molecule has 6 heteroatoms. The molecule has 0 unspecified atom stereocenters. The molecular formula is C15H17N3O3. The number of carbonyl (C=O) groups is 2. The first-order valence-corrected chi connectivity index (χ1v) is 6.73. The average molecular weight is 287 g/mol. The molecule has 110 valence electrons. The Morgan fingerprint density at radius 1 is 1.33 bits per heavy atom. The largest absolute Gasteiger partial charge is 0.478 e. The number of carboxylic acids is 1. The number of aromatic carboxylic acids is 1. The molecule has 2 aromatic rings. The fraction of sp³-hybridized carbons (Fsp3) is 0.267. The normalized spacial score (nSPS) is 10.3. The van der Waals surface area contributed by atoms with Crippen LogP contribution >= 0.6 is 0 Å². The zero-order chi connectivity index (χ0) is 15.2. The molecule has 1 amide bonds. The first-order valence-electron chi connectivity index (χ1n) is 6.73. The SMILES string of the molecule is CCn1cc(C(=O)NCCc2cccc(C(=O)O)c2)cn1. The molecule has 0 aliphatic rings. The van der Waals surface area contributed by atoms with Gasteiger partial charge in [0.05, 0.1) is 17.3 Å². The minimum absolute atomic E-state index is 0.177. The van der Waals surface area contributed by atoms with Gasteiger partial charge in [0.25, 0.3) is 5.91 Å². The minimum atomic E-state index is -0.951. The molecule has 0 saturated carbocycles. The van der Waals surface area contributed by atoms with E-state index in [1.165, 1.54) is 6.20 Å². The molecule has 0 fully saturated rings. The number of nitrogens with zero attached hydrogens (tertiary/aromatic N) is 2. The van der Waals surface area contributed by atoms with Gasteiger partial charge in [-0.25, -0.2) is 4.79 Å². The van der Waals surface area contributed by atoms with Crippen LogP contribution in [0.5, 0.6) is 0 Å². The number of hydrogen-bond acceptors (Lipinski definition) is 3. The van der Waals surface area contributed by atoms with Gasteiger partial charge in [-0.15, -0.1) is 0 Å². The Bertz CT molecular complexity index is 649. The lowest BCUT2D eigenvalue weighted by Gasteiger charge is -2.05. The van der Waals surface area contributed by atoms with Crippen LogP contribution in [0.2, 0.25) is 0 Å². The fourth-order valence-corrected chi connectivity index (χ4v) is 1.94. The van der Waals surface area contributed by atoms with Crippen molar-refractivity contribution in [2.75, 3.05) is 6.54 Å². The summed E-state index contributed by atoms with van der Waals surface area (Å²) in [4.78, 5) is 22.8. The molecule has 2 N–H and O–H groups in total. The summed E-state index contributed by atoms with van der Waals surface area (Å²) < 4.78 is 1.69. The molecule has 0 bridgehead atoms. The van der Waals surface area contributed by atoms with Crippen molar-refractivity contribution in [3.63, 3.8) is 0 Å². The van der Waals surface area contributed by atoms with E-state index in [9.17, 15) is 9.59 Å². The molecule has 0 aliphatic carbocycles. The summed E-state index contributed by atoms with van der Waals surface area (Å²) >= 11 is 0. The molecular weight excluding hydrogens is 270 g/mol. The van der Waals surface area contributed by atoms with E-state index in [2.05, 4.69) is 10.4 Å². The number of nitrogens with one attached hydrogen (secondary N) is 1. The average Bonchev–Trinajstić information content (AvgIpc) is 2.96. The molecule has 21 heavy (non-hydrogen) atoms. The van der Waals surface area contributed by atoms with Gasteiger partial charge in [0.15, 0.2) is 0 Å². The summed E-state index contributed by atoms with van der Waals surface area (Å²) in [5.74, 6) is -1.13. The summed E-state index contributed by atoms with van der Waals surface area (Å²) in [6, 6.07) is 6.70. The lowest BCUT2D eigenvalue weighted by Crippen LogP contribution is -2.25. The van der Waals surface area contributed by atoms with Crippen LogP contribution in [0, 0.1) is 0 Å². The van der Waals surface area contributed by atoms with Crippen molar-refractivity contribution in [1.29, 1.82) is 0 Å². The number of aryl methyl sites for hydroxylation is 1. The van der Waals surface area contributed by atoms with Crippen molar-refractivity contribution >= 4 is 11.9 Å². The highest BCUT2D eigenvalue weighted by molar-refractivity contribution is 5.93. The van der Waals surface area contributed by atoms with Gasteiger partial charge in [0.1, 0.15) is 0 Å². The summed E-state index contributed by atoms with van der Waals surface area (Å²) in [5, 5.41) is 15.8. The molecule has 6 nitrogen and oxygen atoms in total. The van der Waals surface area contributed by atoms with Crippen molar-refractivity contribution in [3.8, 4) is 0 Å². The number of rotatable bonds is 6. The fourth-order valence-electron chi connectivity index (χ4n) is 1.94. The Balaban J connectivity index is 1.87. The quantitative estimate of drug-likeness (QED) is 0.844. The maximum absolute atomic E-state index is 11.9. The number of amides is 1. The first-order chi connectivity index (χ1) is 10.1. The van der Waals surface area contributed by atoms with E-state index in [1.54, 1.807) is 29.1 Å². The molecule has 0 saturated heterocycles. The molecule has 0 atom stereocenters. The van der Waals surface area contributed by atoms with Crippen LogP contribution in [0.1, 0.15) is 33.2 Å². The predicted octanol–water partition coefficient (Wildman–Crippen LogP) is 1.57. The number of hydrogen-bond donors (Lipinski definition) is 2. The second-order valence-corrected chi connectivity index (χ2v) is 4.60. The van der Waals surface area contributed by atoms with Gasteiger partial charge in [0, 0.05) is 19.3 Å². The standard InChI is InChI=1S/C15H17N3O3/c1-2-18-10-13(9-17-18)14(19)16-7-6-11-4-3-5-12(8-11)15(20)21/h3-5,8-10H,2,6-7H2,1H3,(H,16,19)(H,20,21). The van der Waals surface area contributed by atoms with Crippen molar-refractivity contribution in [2.24, 2.45) is 0 Å². The number of carbonyl (C=O) groups excluding carboxylic acids is 1. The van der Waals surface area contributed by atoms with Crippen molar-refractivity contribution < 1.29 is 14.7 Å². The highest BCUT2D eigenvalue weighted by Crippen LogP contribution is 2.06. The second kappa shape index (κ2) is 6.69. The Hall–Kier alpha value is -2.63. The Labute approximate surface area is 122 Å². The Morgan fingerprint density at radius 2 is 2.14 bits per heavy atom. The van der Waals surface area contributed by atoms with Gasteiger partial charge in [-0.05, 0) is 31.0 Å². The third-order valence-electron chi connectivity index (χ3n) is 3.09. The minimum Gasteiger partial charge on any atom is -0.478 e. The van der Waals surface area contributed by atoms with Gasteiger partial charge in [0.2, 0.25) is 0 Å². The molecule has 2 rings (SSSR count). The molecule has 1 aromatic carbocycles. The van der Waals surface area contributed by atoms with E-state index in [0.29, 0.717) is 18.5 Å². The maximum atomic E-state index is 11.9. The molecule has 0 radical (unpaired) electrons. The van der Waals surface area contributed by atoms with Crippen LogP contribution in [0.25, 0.3) is 0 Å². The highest BCUT2D eigenvalue weighted by Gasteiger charge is 2.08. The summed E-state index contributed by atoms with van der Waals surface area (Å²) in [7, 11) is 0. The molecule has 1 aromatic heterocycles. The Morgan fingerprint density at radius 3 is 2.81 bits per heavy atom. The molecule has 0 spiro atoms. The smallest absolute Gasteiger partial charge is 0.335 e. The van der Waals surface area contributed by atoms with Crippen molar-refractivity contribution in [2.45, 2.75) is 19.9 Å². The van der Waals surface area contributed by atoms with Crippen LogP contribution < -0.4 is 5.32 Å². The topological polar surface area (TPSA) is 84.2 Å². The van der Waals surface area contributed by atoms with Crippen LogP contribution in [-0.2, 0) is 13.0 Å².